The molecule has 0 atom stereocenters. The standard InChI is InChI=1S/C19H21NO4/c1-2-14-5-11-17(12-6-14)24-13-3-4-18(21)20-16-9-7-15(8-10-16)19(22)23/h5-12H,2-4,13H2,1H3,(H,20,21)(H,22,23). The van der Waals surface area contributed by atoms with Gasteiger partial charge in [-0.05, 0) is 54.8 Å². The summed E-state index contributed by atoms with van der Waals surface area (Å²) in [7, 11) is 0. The Morgan fingerprint density at radius 1 is 1.04 bits per heavy atom. The van der Waals surface area contributed by atoms with Crippen LogP contribution in [0.2, 0.25) is 0 Å². The number of carbonyl (C=O) groups is 2. The maximum absolute atomic E-state index is 11.8. The van der Waals surface area contributed by atoms with Crippen molar-refractivity contribution in [1.82, 2.24) is 0 Å². The van der Waals surface area contributed by atoms with Gasteiger partial charge < -0.3 is 15.2 Å². The fourth-order valence-corrected chi connectivity index (χ4v) is 2.16. The van der Waals surface area contributed by atoms with Crippen molar-refractivity contribution in [1.29, 1.82) is 0 Å². The van der Waals surface area contributed by atoms with Crippen molar-refractivity contribution in [3.8, 4) is 5.75 Å². The Hall–Kier alpha value is -2.82. The van der Waals surface area contributed by atoms with Crippen molar-refractivity contribution in [2.45, 2.75) is 26.2 Å². The Balaban J connectivity index is 1.69. The van der Waals surface area contributed by atoms with Crippen LogP contribution in [0, 0.1) is 0 Å². The molecule has 5 nitrogen and oxygen atoms in total. The Kier molecular flexibility index (Phi) is 6.37. The van der Waals surface area contributed by atoms with E-state index in [0.29, 0.717) is 25.1 Å². The quantitative estimate of drug-likeness (QED) is 0.724. The predicted octanol–water partition coefficient (Wildman–Crippen LogP) is 3.74. The fraction of sp³-hybridized carbons (Fsp3) is 0.263. The highest BCUT2D eigenvalue weighted by Crippen LogP contribution is 2.13. The van der Waals surface area contributed by atoms with Crippen molar-refractivity contribution in [3.63, 3.8) is 0 Å². The largest absolute Gasteiger partial charge is 0.494 e. The second-order valence-corrected chi connectivity index (χ2v) is 5.38. The van der Waals surface area contributed by atoms with E-state index >= 15 is 0 Å². The van der Waals surface area contributed by atoms with Crippen LogP contribution in [0.5, 0.6) is 5.75 Å². The van der Waals surface area contributed by atoms with E-state index in [9.17, 15) is 9.59 Å². The minimum Gasteiger partial charge on any atom is -0.494 e. The highest BCUT2D eigenvalue weighted by atomic mass is 16.5. The summed E-state index contributed by atoms with van der Waals surface area (Å²) >= 11 is 0. The lowest BCUT2D eigenvalue weighted by molar-refractivity contribution is -0.116. The van der Waals surface area contributed by atoms with Gasteiger partial charge in [-0.3, -0.25) is 4.79 Å². The number of carboxylic acids is 1. The lowest BCUT2D eigenvalue weighted by atomic mass is 10.2. The molecule has 0 saturated heterocycles. The van der Waals surface area contributed by atoms with Crippen LogP contribution in [-0.2, 0) is 11.2 Å². The maximum Gasteiger partial charge on any atom is 0.335 e. The van der Waals surface area contributed by atoms with E-state index < -0.39 is 5.97 Å². The first-order valence-corrected chi connectivity index (χ1v) is 7.93. The van der Waals surface area contributed by atoms with Crippen molar-refractivity contribution in [2.75, 3.05) is 11.9 Å². The summed E-state index contributed by atoms with van der Waals surface area (Å²) in [5.74, 6) is -0.308. The maximum atomic E-state index is 11.8. The lowest BCUT2D eigenvalue weighted by Crippen LogP contribution is -2.13. The third-order valence-corrected chi connectivity index (χ3v) is 3.56. The summed E-state index contributed by atoms with van der Waals surface area (Å²) in [5.41, 5.74) is 2.03. The van der Waals surface area contributed by atoms with Gasteiger partial charge >= 0.3 is 5.97 Å². The number of aromatic carboxylic acids is 1. The molecule has 126 valence electrons. The molecule has 2 N–H and O–H groups in total. The second-order valence-electron chi connectivity index (χ2n) is 5.38. The first kappa shape index (κ1) is 17.5. The second kappa shape index (κ2) is 8.72. The summed E-state index contributed by atoms with van der Waals surface area (Å²) in [6.07, 6.45) is 1.94. The molecule has 0 aliphatic heterocycles. The Bertz CT molecular complexity index is 678. The van der Waals surface area contributed by atoms with Gasteiger partial charge in [0.1, 0.15) is 5.75 Å². The van der Waals surface area contributed by atoms with Gasteiger partial charge in [0.15, 0.2) is 0 Å². The van der Waals surface area contributed by atoms with Crippen LogP contribution >= 0.6 is 0 Å². The molecule has 0 aliphatic carbocycles. The van der Waals surface area contributed by atoms with Crippen LogP contribution in [-0.4, -0.2) is 23.6 Å². The van der Waals surface area contributed by atoms with Gasteiger partial charge in [-0.2, -0.15) is 0 Å². The number of aryl methyl sites for hydroxylation is 1. The molecule has 0 aliphatic rings. The van der Waals surface area contributed by atoms with Gasteiger partial charge in [0.05, 0.1) is 12.2 Å². The van der Waals surface area contributed by atoms with Crippen LogP contribution in [0.3, 0.4) is 0 Å². The van der Waals surface area contributed by atoms with Crippen LogP contribution in [0.25, 0.3) is 0 Å². The molecular weight excluding hydrogens is 306 g/mol. The van der Waals surface area contributed by atoms with Gasteiger partial charge in [-0.25, -0.2) is 4.79 Å². The minimum atomic E-state index is -0.989. The molecule has 5 heteroatoms. The van der Waals surface area contributed by atoms with Gasteiger partial charge in [0.25, 0.3) is 0 Å². The third-order valence-electron chi connectivity index (χ3n) is 3.56. The van der Waals surface area contributed by atoms with Crippen molar-refractivity contribution < 1.29 is 19.4 Å². The number of carboxylic acid groups (broad SMARTS) is 1. The summed E-state index contributed by atoms with van der Waals surface area (Å²) in [5, 5.41) is 11.6. The molecule has 0 unspecified atom stereocenters. The summed E-state index contributed by atoms with van der Waals surface area (Å²) in [4.78, 5) is 22.6. The zero-order valence-electron chi connectivity index (χ0n) is 13.6. The van der Waals surface area contributed by atoms with Crippen molar-refractivity contribution >= 4 is 17.6 Å². The smallest absolute Gasteiger partial charge is 0.335 e. The average Bonchev–Trinajstić information content (AvgIpc) is 2.59. The SMILES string of the molecule is CCc1ccc(OCCCC(=O)Nc2ccc(C(=O)O)cc2)cc1. The number of benzene rings is 2. The number of ether oxygens (including phenoxy) is 1. The van der Waals surface area contributed by atoms with Crippen LogP contribution < -0.4 is 10.1 Å². The number of nitrogens with one attached hydrogen (secondary N) is 1. The molecule has 2 aromatic carbocycles. The molecule has 0 radical (unpaired) electrons. The van der Waals surface area contributed by atoms with E-state index in [0.717, 1.165) is 12.2 Å². The average molecular weight is 327 g/mol. The topological polar surface area (TPSA) is 75.6 Å². The Morgan fingerprint density at radius 3 is 2.29 bits per heavy atom. The van der Waals surface area contributed by atoms with Gasteiger partial charge in [-0.15, -0.1) is 0 Å². The highest BCUT2D eigenvalue weighted by Gasteiger charge is 2.05. The van der Waals surface area contributed by atoms with Gasteiger partial charge in [0.2, 0.25) is 5.91 Å². The van der Waals surface area contributed by atoms with E-state index in [1.165, 1.54) is 17.7 Å². The molecule has 0 aromatic heterocycles. The fourth-order valence-electron chi connectivity index (χ4n) is 2.16. The Labute approximate surface area is 141 Å². The zero-order chi connectivity index (χ0) is 17.4. The molecule has 1 amide bonds. The monoisotopic (exact) mass is 327 g/mol. The van der Waals surface area contributed by atoms with Crippen LogP contribution in [0.4, 0.5) is 5.69 Å². The number of hydrogen-bond donors (Lipinski definition) is 2. The number of hydrogen-bond acceptors (Lipinski definition) is 3. The summed E-state index contributed by atoms with van der Waals surface area (Å²) in [6, 6.07) is 14.0. The molecule has 0 fully saturated rings. The molecule has 0 bridgehead atoms. The third kappa shape index (κ3) is 5.43. The molecule has 2 aromatic rings. The van der Waals surface area contributed by atoms with Crippen molar-refractivity contribution in [2.24, 2.45) is 0 Å². The van der Waals surface area contributed by atoms with Crippen molar-refractivity contribution in [3.05, 3.63) is 59.7 Å². The first-order chi connectivity index (χ1) is 11.6. The molecule has 24 heavy (non-hydrogen) atoms. The lowest BCUT2D eigenvalue weighted by Gasteiger charge is -2.08. The molecule has 0 spiro atoms. The van der Waals surface area contributed by atoms with E-state index in [2.05, 4.69) is 12.2 Å². The summed E-state index contributed by atoms with van der Waals surface area (Å²) in [6.45, 7) is 2.57. The summed E-state index contributed by atoms with van der Waals surface area (Å²) < 4.78 is 5.60. The van der Waals surface area contributed by atoms with Crippen LogP contribution in [0.1, 0.15) is 35.7 Å². The first-order valence-electron chi connectivity index (χ1n) is 7.93. The predicted molar refractivity (Wildman–Crippen MR) is 92.6 cm³/mol. The van der Waals surface area contributed by atoms with E-state index in [1.54, 1.807) is 12.1 Å². The molecular formula is C19H21NO4. The molecule has 2 rings (SSSR count). The Morgan fingerprint density at radius 2 is 1.71 bits per heavy atom. The van der Waals surface area contributed by atoms with E-state index in [1.807, 2.05) is 24.3 Å². The number of amides is 1. The number of anilines is 1. The minimum absolute atomic E-state index is 0.122. The molecule has 0 heterocycles. The van der Waals surface area contributed by atoms with Gasteiger partial charge in [0, 0.05) is 12.1 Å². The number of rotatable bonds is 8. The molecule has 0 saturated carbocycles. The van der Waals surface area contributed by atoms with Crippen LogP contribution in [0.15, 0.2) is 48.5 Å². The highest BCUT2D eigenvalue weighted by molar-refractivity contribution is 5.92. The number of carbonyl (C=O) groups excluding carboxylic acids is 1. The normalized spacial score (nSPS) is 10.2. The zero-order valence-corrected chi connectivity index (χ0v) is 13.6. The van der Waals surface area contributed by atoms with E-state index in [-0.39, 0.29) is 11.5 Å². The van der Waals surface area contributed by atoms with Gasteiger partial charge in [-0.1, -0.05) is 19.1 Å². The van der Waals surface area contributed by atoms with E-state index in [4.69, 9.17) is 9.84 Å².